The van der Waals surface area contributed by atoms with Crippen molar-refractivity contribution in [1.29, 1.82) is 0 Å². The van der Waals surface area contributed by atoms with E-state index in [4.69, 9.17) is 21.3 Å². The SMILES string of the molecule is CC(C)(COc1ccc(NC(=O)[C@H](CCC(=O)O)NC(=O)CNC(=O)c2cccc(N=C(N)N)c2)cc1)CC(C)(C)C(C)(C)C. The summed E-state index contributed by atoms with van der Waals surface area (Å²) in [6.07, 6.45) is 0.469. The van der Waals surface area contributed by atoms with E-state index in [0.29, 0.717) is 23.7 Å². The number of carboxylic acids is 1. The highest BCUT2D eigenvalue weighted by atomic mass is 16.5. The van der Waals surface area contributed by atoms with Crippen molar-refractivity contribution in [2.75, 3.05) is 18.5 Å². The lowest BCUT2D eigenvalue weighted by molar-refractivity contribution is -0.137. The van der Waals surface area contributed by atoms with Crippen LogP contribution in [0.2, 0.25) is 0 Å². The quantitative estimate of drug-likeness (QED) is 0.125. The van der Waals surface area contributed by atoms with E-state index in [1.165, 1.54) is 12.1 Å². The second kappa shape index (κ2) is 15.4. The van der Waals surface area contributed by atoms with Crippen molar-refractivity contribution >= 4 is 41.0 Å². The van der Waals surface area contributed by atoms with Gasteiger partial charge in [0.1, 0.15) is 11.8 Å². The molecule has 0 aliphatic rings. The van der Waals surface area contributed by atoms with Crippen LogP contribution < -0.4 is 32.2 Å². The van der Waals surface area contributed by atoms with Crippen LogP contribution in [0.15, 0.2) is 53.5 Å². The number of aliphatic imine (C=N–C) groups is 1. The van der Waals surface area contributed by atoms with Crippen LogP contribution in [0, 0.1) is 16.2 Å². The molecule has 0 radical (unpaired) electrons. The summed E-state index contributed by atoms with van der Waals surface area (Å²) in [5.74, 6) is -2.48. The minimum atomic E-state index is -1.15. The van der Waals surface area contributed by atoms with E-state index in [1.807, 2.05) is 0 Å². The lowest BCUT2D eigenvalue weighted by atomic mass is 9.62. The lowest BCUT2D eigenvalue weighted by Crippen LogP contribution is -2.47. The number of rotatable bonds is 15. The number of aliphatic carboxylic acids is 1. The highest BCUT2D eigenvalue weighted by Crippen LogP contribution is 2.46. The molecule has 0 aliphatic carbocycles. The van der Waals surface area contributed by atoms with E-state index in [2.05, 4.69) is 69.4 Å². The second-order valence-corrected chi connectivity index (χ2v) is 13.6. The Kier molecular flexibility index (Phi) is 12.5. The van der Waals surface area contributed by atoms with E-state index in [1.54, 1.807) is 36.4 Å². The van der Waals surface area contributed by atoms with Gasteiger partial charge in [0.15, 0.2) is 5.96 Å². The van der Waals surface area contributed by atoms with Crippen molar-refractivity contribution in [3.05, 3.63) is 54.1 Å². The van der Waals surface area contributed by atoms with Gasteiger partial charge in [0.2, 0.25) is 11.8 Å². The monoisotopic (exact) mass is 624 g/mol. The van der Waals surface area contributed by atoms with Crippen LogP contribution in [0.25, 0.3) is 0 Å². The van der Waals surface area contributed by atoms with Crippen molar-refractivity contribution in [2.45, 2.75) is 73.8 Å². The highest BCUT2D eigenvalue weighted by Gasteiger charge is 2.38. The number of guanidine groups is 1. The molecular weight excluding hydrogens is 576 g/mol. The van der Waals surface area contributed by atoms with E-state index in [-0.39, 0.29) is 40.6 Å². The number of carboxylic acid groups (broad SMARTS) is 1. The third kappa shape index (κ3) is 12.5. The maximum Gasteiger partial charge on any atom is 0.303 e. The predicted molar refractivity (Wildman–Crippen MR) is 175 cm³/mol. The first-order valence-electron chi connectivity index (χ1n) is 14.8. The first-order chi connectivity index (χ1) is 20.8. The van der Waals surface area contributed by atoms with Crippen molar-refractivity contribution in [3.63, 3.8) is 0 Å². The summed E-state index contributed by atoms with van der Waals surface area (Å²) in [4.78, 5) is 53.2. The van der Waals surface area contributed by atoms with E-state index >= 15 is 0 Å². The average Bonchev–Trinajstić information content (AvgIpc) is 2.92. The van der Waals surface area contributed by atoms with Crippen molar-refractivity contribution in [2.24, 2.45) is 32.7 Å². The second-order valence-electron chi connectivity index (χ2n) is 13.6. The average molecular weight is 625 g/mol. The van der Waals surface area contributed by atoms with Crippen LogP contribution in [-0.4, -0.2) is 54.0 Å². The molecule has 3 amide bonds. The van der Waals surface area contributed by atoms with Crippen molar-refractivity contribution < 1.29 is 29.0 Å². The number of amides is 3. The third-order valence-corrected chi connectivity index (χ3v) is 7.78. The first kappa shape index (κ1) is 36.6. The minimum Gasteiger partial charge on any atom is -0.493 e. The first-order valence-corrected chi connectivity index (χ1v) is 14.8. The van der Waals surface area contributed by atoms with Crippen LogP contribution in [0.5, 0.6) is 5.75 Å². The zero-order valence-electron chi connectivity index (χ0n) is 27.3. The number of hydrogen-bond donors (Lipinski definition) is 6. The molecule has 0 aromatic heterocycles. The van der Waals surface area contributed by atoms with Crippen LogP contribution in [0.1, 0.15) is 78.1 Å². The number of ether oxygens (including phenoxy) is 1. The van der Waals surface area contributed by atoms with Gasteiger partial charge in [-0.25, -0.2) is 4.99 Å². The van der Waals surface area contributed by atoms with Gasteiger partial charge in [-0.2, -0.15) is 0 Å². The molecule has 0 heterocycles. The van der Waals surface area contributed by atoms with Crippen LogP contribution in [0.4, 0.5) is 11.4 Å². The normalized spacial score (nSPS) is 12.4. The zero-order chi connectivity index (χ0) is 34.0. The fourth-order valence-electron chi connectivity index (χ4n) is 4.57. The molecule has 12 heteroatoms. The number of nitrogens with zero attached hydrogens (tertiary/aromatic N) is 1. The largest absolute Gasteiger partial charge is 0.493 e. The number of anilines is 1. The number of nitrogens with two attached hydrogens (primary N) is 2. The Morgan fingerprint density at radius 1 is 0.956 bits per heavy atom. The Hall–Kier alpha value is -4.61. The van der Waals surface area contributed by atoms with Crippen molar-refractivity contribution in [3.8, 4) is 5.75 Å². The van der Waals surface area contributed by atoms with Gasteiger partial charge < -0.3 is 37.3 Å². The molecule has 2 aromatic rings. The summed E-state index contributed by atoms with van der Waals surface area (Å²) in [5, 5.41) is 16.8. The molecule has 0 saturated heterocycles. The Balaban J connectivity index is 1.98. The fraction of sp³-hybridized carbons (Fsp3) is 0.485. The Labute approximate surface area is 265 Å². The number of hydrogen-bond acceptors (Lipinski definition) is 6. The summed E-state index contributed by atoms with van der Waals surface area (Å²) in [6.45, 7) is 15.7. The standard InChI is InChI=1S/C33H48N6O6/c1-31(2,3)33(6,7)19-32(4,5)20-45-24-13-11-22(12-14-24)37-29(44)25(15-16-27(41)42)39-26(40)18-36-28(43)21-9-8-10-23(17-21)38-30(34)35/h8-14,17,25H,15-16,18-20H2,1-7H3,(H,36,43)(H,37,44)(H,39,40)(H,41,42)(H4,34,35,38)/t25-/m0/s1. The van der Waals surface area contributed by atoms with Gasteiger partial charge in [-0.1, -0.05) is 54.5 Å². The maximum atomic E-state index is 13.0. The third-order valence-electron chi connectivity index (χ3n) is 7.78. The lowest BCUT2D eigenvalue weighted by Gasteiger charge is -2.44. The molecule has 2 rings (SSSR count). The summed E-state index contributed by atoms with van der Waals surface area (Å²) >= 11 is 0. The Morgan fingerprint density at radius 2 is 1.60 bits per heavy atom. The maximum absolute atomic E-state index is 13.0. The van der Waals surface area contributed by atoms with Crippen LogP contribution in [0.3, 0.4) is 0 Å². The summed E-state index contributed by atoms with van der Waals surface area (Å²) < 4.78 is 6.07. The number of carbonyl (C=O) groups excluding carboxylic acids is 3. The predicted octanol–water partition coefficient (Wildman–Crippen LogP) is 4.18. The molecule has 246 valence electrons. The molecule has 0 bridgehead atoms. The van der Waals surface area contributed by atoms with Gasteiger partial charge in [0.25, 0.3) is 5.91 Å². The smallest absolute Gasteiger partial charge is 0.303 e. The summed E-state index contributed by atoms with van der Waals surface area (Å²) in [7, 11) is 0. The van der Waals surface area contributed by atoms with Gasteiger partial charge >= 0.3 is 5.97 Å². The highest BCUT2D eigenvalue weighted by molar-refractivity contribution is 6.00. The van der Waals surface area contributed by atoms with Crippen molar-refractivity contribution in [1.82, 2.24) is 10.6 Å². The minimum absolute atomic E-state index is 0.0731. The molecule has 0 unspecified atom stereocenters. The molecule has 0 saturated carbocycles. The molecular formula is C33H48N6O6. The molecule has 0 fully saturated rings. The fourth-order valence-corrected chi connectivity index (χ4v) is 4.57. The van der Waals surface area contributed by atoms with Crippen LogP contribution >= 0.6 is 0 Å². The molecule has 1 atom stereocenters. The summed E-state index contributed by atoms with van der Waals surface area (Å²) in [5.41, 5.74) is 11.9. The number of benzene rings is 2. The zero-order valence-corrected chi connectivity index (χ0v) is 27.3. The molecule has 12 nitrogen and oxygen atoms in total. The molecule has 0 spiro atoms. The molecule has 45 heavy (non-hydrogen) atoms. The number of nitrogens with one attached hydrogen (secondary N) is 3. The molecule has 0 aliphatic heterocycles. The molecule has 8 N–H and O–H groups in total. The van der Waals surface area contributed by atoms with Gasteiger partial charge in [0, 0.05) is 17.7 Å². The van der Waals surface area contributed by atoms with Gasteiger partial charge in [0.05, 0.1) is 18.8 Å². The topological polar surface area (TPSA) is 198 Å². The van der Waals surface area contributed by atoms with Gasteiger partial charge in [-0.15, -0.1) is 0 Å². The van der Waals surface area contributed by atoms with Gasteiger partial charge in [-0.3, -0.25) is 19.2 Å². The Bertz CT molecular complexity index is 1370. The van der Waals surface area contributed by atoms with Gasteiger partial charge in [-0.05, 0) is 71.6 Å². The van der Waals surface area contributed by atoms with E-state index < -0.39 is 36.3 Å². The Morgan fingerprint density at radius 3 is 2.18 bits per heavy atom. The van der Waals surface area contributed by atoms with E-state index in [0.717, 1.165) is 6.42 Å². The number of carbonyl (C=O) groups is 4. The van der Waals surface area contributed by atoms with Crippen LogP contribution in [-0.2, 0) is 14.4 Å². The van der Waals surface area contributed by atoms with E-state index in [9.17, 15) is 19.2 Å². The summed E-state index contributed by atoms with van der Waals surface area (Å²) in [6, 6.07) is 11.8. The molecule has 2 aromatic carbocycles.